The number of carbonyl (C=O) groups is 2. The van der Waals surface area contributed by atoms with E-state index in [1.54, 1.807) is 6.92 Å². The summed E-state index contributed by atoms with van der Waals surface area (Å²) in [6.07, 6.45) is 19.1. The number of allylic oxidation sites excluding steroid dienone is 2. The first-order valence-corrected chi connectivity index (χ1v) is 16.4. The zero-order valence-corrected chi connectivity index (χ0v) is 26.2. The third kappa shape index (κ3) is 26.7. The van der Waals surface area contributed by atoms with Gasteiger partial charge >= 0.3 is 11.9 Å². The Morgan fingerprint density at radius 1 is 0.795 bits per heavy atom. The number of hydrogen-bond acceptors (Lipinski definition) is 8. The fourth-order valence-corrected chi connectivity index (χ4v) is 4.36. The maximum atomic E-state index is 12.3. The number of quaternary nitrogens is 1. The molecule has 9 nitrogen and oxygen atoms in total. The van der Waals surface area contributed by atoms with Gasteiger partial charge in [0.15, 0.2) is 6.10 Å². The van der Waals surface area contributed by atoms with Crippen LogP contribution in [0.5, 0.6) is 0 Å². The van der Waals surface area contributed by atoms with E-state index < -0.39 is 32.5 Å². The van der Waals surface area contributed by atoms with Gasteiger partial charge in [0.05, 0.1) is 27.7 Å². The van der Waals surface area contributed by atoms with E-state index in [1.165, 1.54) is 44.9 Å². The molecule has 0 aromatic rings. The van der Waals surface area contributed by atoms with Crippen molar-refractivity contribution in [1.82, 2.24) is 0 Å². The number of phosphoric ester groups is 1. The molecule has 0 spiro atoms. The van der Waals surface area contributed by atoms with Gasteiger partial charge in [-0.25, -0.2) is 0 Å². The van der Waals surface area contributed by atoms with Gasteiger partial charge in [-0.1, -0.05) is 77.4 Å². The lowest BCUT2D eigenvalue weighted by molar-refractivity contribution is -0.870. The predicted octanol–water partition coefficient (Wildman–Crippen LogP) is 6.10. The van der Waals surface area contributed by atoms with Crippen LogP contribution in [-0.4, -0.2) is 70.0 Å². The number of nitrogens with zero attached hydrogens (tertiary/aromatic N) is 1. The Bertz CT molecular complexity index is 708. The molecule has 0 rings (SSSR count). The number of likely N-dealkylation sites (N-methyl/N-ethyl adjacent to an activating group) is 1. The molecular weight excluding hydrogens is 521 g/mol. The first-order valence-electron chi connectivity index (χ1n) is 14.9. The van der Waals surface area contributed by atoms with Crippen molar-refractivity contribution in [3.8, 4) is 0 Å². The van der Waals surface area contributed by atoms with Crippen LogP contribution in [0.1, 0.15) is 110 Å². The van der Waals surface area contributed by atoms with Crippen molar-refractivity contribution in [2.24, 2.45) is 0 Å². The van der Waals surface area contributed by atoms with Gasteiger partial charge < -0.3 is 27.9 Å². The van der Waals surface area contributed by atoms with Crippen LogP contribution >= 0.6 is 7.82 Å². The monoisotopic (exact) mass is 577 g/mol. The zero-order valence-electron chi connectivity index (χ0n) is 25.3. The predicted molar refractivity (Wildman–Crippen MR) is 153 cm³/mol. The molecule has 0 radical (unpaired) electrons. The summed E-state index contributed by atoms with van der Waals surface area (Å²) in [5, 5.41) is 0. The largest absolute Gasteiger partial charge is 0.756 e. The summed E-state index contributed by atoms with van der Waals surface area (Å²) in [5.41, 5.74) is 0. The molecule has 0 aliphatic rings. The van der Waals surface area contributed by atoms with Crippen molar-refractivity contribution in [3.05, 3.63) is 12.2 Å². The van der Waals surface area contributed by atoms with Crippen molar-refractivity contribution < 1.29 is 42.1 Å². The van der Waals surface area contributed by atoms with E-state index in [-0.39, 0.29) is 26.1 Å². The molecule has 2 unspecified atom stereocenters. The van der Waals surface area contributed by atoms with Gasteiger partial charge in [-0.2, -0.15) is 0 Å². The highest BCUT2D eigenvalue weighted by Gasteiger charge is 2.21. The summed E-state index contributed by atoms with van der Waals surface area (Å²) in [6.45, 7) is 3.57. The fourth-order valence-electron chi connectivity index (χ4n) is 3.63. The SMILES string of the molecule is CCCCCCCC/C=C\CCCCCCCC(=O)OC(COC(=O)CC)COP(=O)([O-])OCC[N+](C)(C)C. The molecule has 0 saturated heterocycles. The Labute approximate surface area is 237 Å². The summed E-state index contributed by atoms with van der Waals surface area (Å²) in [5.74, 6) is -0.946. The normalized spacial score (nSPS) is 14.3. The lowest BCUT2D eigenvalue weighted by atomic mass is 10.1. The molecule has 39 heavy (non-hydrogen) atoms. The Kier molecular flexibility index (Phi) is 22.7. The van der Waals surface area contributed by atoms with E-state index in [0.717, 1.165) is 32.1 Å². The number of rotatable bonds is 26. The van der Waals surface area contributed by atoms with Crippen LogP contribution in [0.4, 0.5) is 0 Å². The van der Waals surface area contributed by atoms with Crippen molar-refractivity contribution in [2.75, 3.05) is 47.5 Å². The standard InChI is InChI=1S/C29H56NO8P/c1-6-8-9-10-11-12-13-14-15-16-17-18-19-20-21-22-29(32)38-27(25-35-28(31)7-2)26-37-39(33,34)36-24-23-30(3,4)5/h14-15,27H,6-13,16-26H2,1-5H3/b15-14-. The first kappa shape index (κ1) is 37.8. The third-order valence-corrected chi connectivity index (χ3v) is 7.05. The van der Waals surface area contributed by atoms with E-state index in [0.29, 0.717) is 17.4 Å². The summed E-state index contributed by atoms with van der Waals surface area (Å²) >= 11 is 0. The Morgan fingerprint density at radius 3 is 1.92 bits per heavy atom. The molecule has 0 bridgehead atoms. The van der Waals surface area contributed by atoms with Crippen LogP contribution in [-0.2, 0) is 32.7 Å². The minimum absolute atomic E-state index is 0.0327. The van der Waals surface area contributed by atoms with Crippen LogP contribution in [0.15, 0.2) is 12.2 Å². The molecule has 0 amide bonds. The second-order valence-electron chi connectivity index (χ2n) is 11.1. The Morgan fingerprint density at radius 2 is 1.36 bits per heavy atom. The van der Waals surface area contributed by atoms with E-state index in [9.17, 15) is 19.0 Å². The lowest BCUT2D eigenvalue weighted by Crippen LogP contribution is -2.37. The minimum Gasteiger partial charge on any atom is -0.756 e. The average molecular weight is 578 g/mol. The highest BCUT2D eigenvalue weighted by molar-refractivity contribution is 7.45. The number of hydrogen-bond donors (Lipinski definition) is 0. The van der Waals surface area contributed by atoms with Gasteiger partial charge in [-0.15, -0.1) is 0 Å². The molecule has 0 N–H and O–H groups in total. The molecule has 0 saturated carbocycles. The van der Waals surface area contributed by atoms with E-state index in [4.69, 9.17) is 18.5 Å². The first-order chi connectivity index (χ1) is 18.5. The van der Waals surface area contributed by atoms with E-state index >= 15 is 0 Å². The van der Waals surface area contributed by atoms with Gasteiger partial charge in [0.25, 0.3) is 7.82 Å². The van der Waals surface area contributed by atoms with Gasteiger partial charge in [-0.3, -0.25) is 14.2 Å². The van der Waals surface area contributed by atoms with E-state index in [2.05, 4.69) is 19.1 Å². The number of phosphoric acid groups is 1. The minimum atomic E-state index is -4.58. The molecule has 10 heteroatoms. The maximum Gasteiger partial charge on any atom is 0.306 e. The number of ether oxygens (including phenoxy) is 2. The quantitative estimate of drug-likeness (QED) is 0.0399. The number of esters is 2. The summed E-state index contributed by atoms with van der Waals surface area (Å²) in [4.78, 5) is 35.9. The molecule has 230 valence electrons. The van der Waals surface area contributed by atoms with Crippen LogP contribution in [0.2, 0.25) is 0 Å². The highest BCUT2D eigenvalue weighted by Crippen LogP contribution is 2.38. The van der Waals surface area contributed by atoms with Crippen LogP contribution < -0.4 is 4.89 Å². The van der Waals surface area contributed by atoms with Crippen molar-refractivity contribution >= 4 is 19.8 Å². The van der Waals surface area contributed by atoms with Crippen molar-refractivity contribution in [2.45, 2.75) is 116 Å². The van der Waals surface area contributed by atoms with Crippen molar-refractivity contribution in [1.29, 1.82) is 0 Å². The topological polar surface area (TPSA) is 111 Å². The molecule has 0 aliphatic heterocycles. The van der Waals surface area contributed by atoms with Gasteiger partial charge in [0, 0.05) is 12.8 Å². The number of carbonyl (C=O) groups excluding carboxylic acids is 2. The molecule has 0 aromatic carbocycles. The molecule has 2 atom stereocenters. The second kappa shape index (κ2) is 23.5. The summed E-state index contributed by atoms with van der Waals surface area (Å²) in [7, 11) is 1.15. The molecule has 0 aliphatic carbocycles. The Balaban J connectivity index is 4.15. The van der Waals surface area contributed by atoms with Crippen LogP contribution in [0.25, 0.3) is 0 Å². The summed E-state index contributed by atoms with van der Waals surface area (Å²) < 4.78 is 32.8. The molecule has 0 aromatic heterocycles. The second-order valence-corrected chi connectivity index (χ2v) is 12.5. The average Bonchev–Trinajstić information content (AvgIpc) is 2.86. The van der Waals surface area contributed by atoms with Crippen LogP contribution in [0.3, 0.4) is 0 Å². The summed E-state index contributed by atoms with van der Waals surface area (Å²) in [6, 6.07) is 0. The van der Waals surface area contributed by atoms with Crippen molar-refractivity contribution in [3.63, 3.8) is 0 Å². The fraction of sp³-hybridized carbons (Fsp3) is 0.862. The maximum absolute atomic E-state index is 12.3. The van der Waals surface area contributed by atoms with Crippen LogP contribution in [0, 0.1) is 0 Å². The number of unbranched alkanes of at least 4 members (excludes halogenated alkanes) is 11. The zero-order chi connectivity index (χ0) is 29.4. The highest BCUT2D eigenvalue weighted by atomic mass is 31.2. The van der Waals surface area contributed by atoms with Gasteiger partial charge in [-0.05, 0) is 32.1 Å². The Hall–Kier alpha value is -1.25. The van der Waals surface area contributed by atoms with Gasteiger partial charge in [0.2, 0.25) is 0 Å². The lowest BCUT2D eigenvalue weighted by Gasteiger charge is -2.28. The molecule has 0 heterocycles. The smallest absolute Gasteiger partial charge is 0.306 e. The third-order valence-electron chi connectivity index (χ3n) is 6.09. The molecular formula is C29H56NO8P. The van der Waals surface area contributed by atoms with E-state index in [1.807, 2.05) is 21.1 Å². The molecule has 0 fully saturated rings. The van der Waals surface area contributed by atoms with Gasteiger partial charge in [0.1, 0.15) is 19.8 Å².